The van der Waals surface area contributed by atoms with Crippen LogP contribution in [0.3, 0.4) is 0 Å². The summed E-state index contributed by atoms with van der Waals surface area (Å²) in [4.78, 5) is 0. The Morgan fingerprint density at radius 3 is 1.78 bits per heavy atom. The van der Waals surface area contributed by atoms with E-state index in [9.17, 15) is 0 Å². The molecular formula is C7H14Se2. The van der Waals surface area contributed by atoms with E-state index in [1.54, 1.807) is 10.6 Å². The van der Waals surface area contributed by atoms with Gasteiger partial charge in [0.1, 0.15) is 0 Å². The van der Waals surface area contributed by atoms with Gasteiger partial charge in [-0.05, 0) is 0 Å². The fraction of sp³-hybridized carbons (Fsp3) is 1.00. The normalized spacial score (nSPS) is 23.0. The monoisotopic (exact) mass is 258 g/mol. The van der Waals surface area contributed by atoms with Crippen LogP contribution in [0.5, 0.6) is 0 Å². The third-order valence-corrected chi connectivity index (χ3v) is 9.24. The average Bonchev–Trinajstić information content (AvgIpc) is 2.08. The van der Waals surface area contributed by atoms with Crippen LogP contribution >= 0.6 is 0 Å². The van der Waals surface area contributed by atoms with Gasteiger partial charge in [0.15, 0.2) is 0 Å². The quantitative estimate of drug-likeness (QED) is 0.580. The van der Waals surface area contributed by atoms with E-state index in [1.165, 1.54) is 0 Å². The summed E-state index contributed by atoms with van der Waals surface area (Å²) < 4.78 is 0. The molecule has 0 spiro atoms. The van der Waals surface area contributed by atoms with Crippen molar-refractivity contribution in [3.8, 4) is 0 Å². The van der Waals surface area contributed by atoms with Gasteiger partial charge >= 0.3 is 69.0 Å². The van der Waals surface area contributed by atoms with Crippen molar-refractivity contribution < 1.29 is 0 Å². The molecule has 1 fully saturated rings. The third kappa shape index (κ3) is 2.27. The van der Waals surface area contributed by atoms with Crippen LogP contribution in [0.15, 0.2) is 0 Å². The van der Waals surface area contributed by atoms with E-state index in [0.29, 0.717) is 5.41 Å². The summed E-state index contributed by atoms with van der Waals surface area (Å²) in [7, 11) is 0. The molecule has 0 nitrogen and oxygen atoms in total. The molecule has 2 heteroatoms. The molecule has 0 aliphatic carbocycles. The van der Waals surface area contributed by atoms with Crippen LogP contribution < -0.4 is 0 Å². The number of rotatable bonds is 0. The molecule has 9 heavy (non-hydrogen) atoms. The number of hydrogen-bond acceptors (Lipinski definition) is 0. The van der Waals surface area contributed by atoms with Gasteiger partial charge in [0.25, 0.3) is 0 Å². The van der Waals surface area contributed by atoms with Gasteiger partial charge in [0.2, 0.25) is 0 Å². The van der Waals surface area contributed by atoms with Crippen molar-refractivity contribution in [1.29, 1.82) is 0 Å². The van der Waals surface area contributed by atoms with Crippen molar-refractivity contribution in [2.24, 2.45) is 11.3 Å². The summed E-state index contributed by atoms with van der Waals surface area (Å²) >= 11 is 2.12. The van der Waals surface area contributed by atoms with Crippen LogP contribution in [0.25, 0.3) is 0 Å². The number of hydrogen-bond donors (Lipinski definition) is 0. The topological polar surface area (TPSA) is 0 Å². The van der Waals surface area contributed by atoms with Crippen molar-refractivity contribution >= 4 is 26.3 Å². The van der Waals surface area contributed by atoms with Gasteiger partial charge < -0.3 is 0 Å². The van der Waals surface area contributed by atoms with E-state index in [1.807, 2.05) is 0 Å². The van der Waals surface area contributed by atoms with Gasteiger partial charge in [-0.2, -0.15) is 0 Å². The average molecular weight is 256 g/mol. The molecule has 1 heterocycles. The zero-order chi connectivity index (χ0) is 6.91. The molecule has 1 aliphatic heterocycles. The molecular weight excluding hydrogens is 242 g/mol. The molecule has 0 aromatic heterocycles. The second kappa shape index (κ2) is 2.96. The zero-order valence-corrected chi connectivity index (χ0v) is 9.73. The summed E-state index contributed by atoms with van der Waals surface area (Å²) in [5.74, 6) is 1.07. The molecule has 0 radical (unpaired) electrons. The summed E-state index contributed by atoms with van der Waals surface area (Å²) in [5.41, 5.74) is 0.611. The summed E-state index contributed by atoms with van der Waals surface area (Å²) in [6, 6.07) is 0. The van der Waals surface area contributed by atoms with Crippen molar-refractivity contribution in [3.63, 3.8) is 0 Å². The maximum absolute atomic E-state index is 2.38. The van der Waals surface area contributed by atoms with Crippen molar-refractivity contribution in [2.45, 2.75) is 31.4 Å². The van der Waals surface area contributed by atoms with E-state index in [4.69, 9.17) is 0 Å². The molecule has 1 rings (SSSR count). The van der Waals surface area contributed by atoms with Gasteiger partial charge in [-0.25, -0.2) is 0 Å². The molecule has 54 valence electrons. The summed E-state index contributed by atoms with van der Waals surface area (Å²) in [6.45, 7) is 7.15. The zero-order valence-electron chi connectivity index (χ0n) is 6.31. The molecule has 0 aromatic carbocycles. The van der Waals surface area contributed by atoms with Crippen LogP contribution in [0.1, 0.15) is 20.8 Å². The Balaban J connectivity index is 2.42. The predicted octanol–water partition coefficient (Wildman–Crippen LogP) is 1.82. The van der Waals surface area contributed by atoms with Crippen LogP contribution in [0.2, 0.25) is 10.6 Å². The maximum atomic E-state index is 2.38. The standard InChI is InChI=1S/C7H14Se2/c1-7(2,3)6-4-8-9-5-6/h6H,4-5H2,1-3H3. The summed E-state index contributed by atoms with van der Waals surface area (Å²) in [6.07, 6.45) is 0. The molecule has 0 amide bonds. The van der Waals surface area contributed by atoms with Crippen LogP contribution in [0.4, 0.5) is 0 Å². The van der Waals surface area contributed by atoms with Gasteiger partial charge in [-0.15, -0.1) is 0 Å². The first kappa shape index (κ1) is 8.14. The molecule has 0 unspecified atom stereocenters. The van der Waals surface area contributed by atoms with E-state index in [-0.39, 0.29) is 0 Å². The Bertz CT molecular complexity index is 87.6. The Kier molecular flexibility index (Phi) is 2.68. The third-order valence-electron chi connectivity index (χ3n) is 1.85. The molecule has 1 aliphatic rings. The van der Waals surface area contributed by atoms with Gasteiger partial charge in [0, 0.05) is 0 Å². The van der Waals surface area contributed by atoms with Crippen molar-refractivity contribution in [3.05, 3.63) is 0 Å². The SMILES string of the molecule is CC(C)(C)C1C[Se][Se]C1. The minimum absolute atomic E-state index is 0.611. The minimum atomic E-state index is 0.611. The predicted molar refractivity (Wildman–Crippen MR) is 44.1 cm³/mol. The van der Waals surface area contributed by atoms with Gasteiger partial charge in [0.05, 0.1) is 0 Å². The first-order valence-corrected chi connectivity index (χ1v) is 10.1. The van der Waals surface area contributed by atoms with Crippen LogP contribution in [-0.2, 0) is 0 Å². The summed E-state index contributed by atoms with van der Waals surface area (Å²) in [5, 5.41) is 3.13. The first-order valence-electron chi connectivity index (χ1n) is 3.35. The fourth-order valence-electron chi connectivity index (χ4n) is 0.809. The Hall–Kier alpha value is 1.04. The molecule has 0 N–H and O–H groups in total. The Morgan fingerprint density at radius 2 is 1.56 bits per heavy atom. The van der Waals surface area contributed by atoms with Crippen molar-refractivity contribution in [2.75, 3.05) is 0 Å². The van der Waals surface area contributed by atoms with E-state index in [0.717, 1.165) is 32.2 Å². The Morgan fingerprint density at radius 1 is 1.11 bits per heavy atom. The fourth-order valence-corrected chi connectivity index (χ4v) is 10.9. The molecule has 0 saturated carbocycles. The van der Waals surface area contributed by atoms with Crippen LogP contribution in [0, 0.1) is 11.3 Å². The Labute approximate surface area is 69.0 Å². The first-order chi connectivity index (χ1) is 4.11. The molecule has 0 aromatic rings. The van der Waals surface area contributed by atoms with Gasteiger partial charge in [-0.1, -0.05) is 0 Å². The van der Waals surface area contributed by atoms with Crippen molar-refractivity contribution in [1.82, 2.24) is 0 Å². The van der Waals surface area contributed by atoms with Crippen LogP contribution in [-0.4, -0.2) is 26.3 Å². The molecule has 0 atom stereocenters. The second-order valence-corrected chi connectivity index (χ2v) is 11.2. The van der Waals surface area contributed by atoms with E-state index >= 15 is 0 Å². The second-order valence-electron chi connectivity index (χ2n) is 3.63. The molecule has 1 saturated heterocycles. The molecule has 0 bridgehead atoms. The van der Waals surface area contributed by atoms with E-state index < -0.39 is 0 Å². The van der Waals surface area contributed by atoms with Gasteiger partial charge in [-0.3, -0.25) is 0 Å². The van der Waals surface area contributed by atoms with E-state index in [2.05, 4.69) is 20.8 Å².